The van der Waals surface area contributed by atoms with Gasteiger partial charge in [-0.2, -0.15) is 0 Å². The van der Waals surface area contributed by atoms with E-state index in [4.69, 9.17) is 11.6 Å². The highest BCUT2D eigenvalue weighted by Crippen LogP contribution is 2.19. The highest BCUT2D eigenvalue weighted by atomic mass is 35.5. The van der Waals surface area contributed by atoms with E-state index >= 15 is 0 Å². The molecule has 2 aliphatic rings. The van der Waals surface area contributed by atoms with Gasteiger partial charge in [-0.25, -0.2) is 0 Å². The maximum absolute atomic E-state index is 12.4. The first-order valence-electron chi connectivity index (χ1n) is 9.05. The molecule has 0 bridgehead atoms. The zero-order valence-electron chi connectivity index (χ0n) is 15.2. The molecule has 146 valence electrons. The number of amides is 3. The van der Waals surface area contributed by atoms with E-state index in [0.717, 1.165) is 48.7 Å². The SMILES string of the molecule is C[C@@H](C(=O)NCCN1C(=O)CSC1=O)[NH+]1CCN(c2cccc(Cl)c2)CC1. The van der Waals surface area contributed by atoms with Crippen LogP contribution in [0.1, 0.15) is 6.92 Å². The number of thioether (sulfide) groups is 1. The molecule has 0 aromatic heterocycles. The van der Waals surface area contributed by atoms with Gasteiger partial charge < -0.3 is 15.1 Å². The molecule has 7 nitrogen and oxygen atoms in total. The fourth-order valence-electron chi connectivity index (χ4n) is 3.38. The number of anilines is 1. The van der Waals surface area contributed by atoms with Crippen LogP contribution in [0.25, 0.3) is 0 Å². The molecule has 0 aliphatic carbocycles. The lowest BCUT2D eigenvalue weighted by Crippen LogP contribution is -3.19. The summed E-state index contributed by atoms with van der Waals surface area (Å²) in [5, 5.41) is 3.35. The molecular formula is C18H24ClN4O3S+. The number of carbonyl (C=O) groups is 3. The van der Waals surface area contributed by atoms with Crippen LogP contribution in [0.15, 0.2) is 24.3 Å². The Morgan fingerprint density at radius 2 is 2.07 bits per heavy atom. The van der Waals surface area contributed by atoms with Crippen molar-refractivity contribution in [2.75, 3.05) is 49.9 Å². The summed E-state index contributed by atoms with van der Waals surface area (Å²) < 4.78 is 0. The fourth-order valence-corrected chi connectivity index (χ4v) is 4.32. The molecule has 27 heavy (non-hydrogen) atoms. The topological polar surface area (TPSA) is 74.2 Å². The number of imide groups is 1. The van der Waals surface area contributed by atoms with Crippen LogP contribution in [-0.4, -0.2) is 73.0 Å². The zero-order valence-corrected chi connectivity index (χ0v) is 16.8. The summed E-state index contributed by atoms with van der Waals surface area (Å²) in [4.78, 5) is 40.2. The fraction of sp³-hybridized carbons (Fsp3) is 0.500. The maximum Gasteiger partial charge on any atom is 0.288 e. The lowest BCUT2D eigenvalue weighted by molar-refractivity contribution is -0.914. The quantitative estimate of drug-likeness (QED) is 0.701. The van der Waals surface area contributed by atoms with Crippen LogP contribution in [0.3, 0.4) is 0 Å². The van der Waals surface area contributed by atoms with E-state index in [0.29, 0.717) is 6.54 Å². The molecule has 0 radical (unpaired) electrons. The van der Waals surface area contributed by atoms with E-state index in [-0.39, 0.29) is 35.4 Å². The molecule has 0 spiro atoms. The van der Waals surface area contributed by atoms with Crippen LogP contribution in [0, 0.1) is 0 Å². The van der Waals surface area contributed by atoms with Gasteiger partial charge in [-0.05, 0) is 25.1 Å². The smallest absolute Gasteiger partial charge is 0.288 e. The molecule has 1 aromatic rings. The monoisotopic (exact) mass is 411 g/mol. The average Bonchev–Trinajstić information content (AvgIpc) is 2.99. The Morgan fingerprint density at radius 1 is 1.33 bits per heavy atom. The molecule has 0 unspecified atom stereocenters. The van der Waals surface area contributed by atoms with Gasteiger partial charge in [0, 0.05) is 23.8 Å². The van der Waals surface area contributed by atoms with E-state index in [1.54, 1.807) is 0 Å². The van der Waals surface area contributed by atoms with Crippen molar-refractivity contribution in [3.63, 3.8) is 0 Å². The molecule has 2 N–H and O–H groups in total. The van der Waals surface area contributed by atoms with Gasteiger partial charge in [-0.3, -0.25) is 19.3 Å². The van der Waals surface area contributed by atoms with Gasteiger partial charge in [0.15, 0.2) is 6.04 Å². The Morgan fingerprint density at radius 3 is 2.70 bits per heavy atom. The van der Waals surface area contributed by atoms with Crippen molar-refractivity contribution < 1.29 is 19.3 Å². The predicted octanol–water partition coefficient (Wildman–Crippen LogP) is 0.245. The van der Waals surface area contributed by atoms with Gasteiger partial charge >= 0.3 is 0 Å². The summed E-state index contributed by atoms with van der Waals surface area (Å²) in [6.45, 7) is 5.90. The first kappa shape index (κ1) is 20.0. The van der Waals surface area contributed by atoms with Crippen molar-refractivity contribution in [1.29, 1.82) is 0 Å². The van der Waals surface area contributed by atoms with Crippen molar-refractivity contribution in [2.45, 2.75) is 13.0 Å². The second kappa shape index (κ2) is 8.95. The Bertz CT molecular complexity index is 708. The molecule has 1 aromatic carbocycles. The van der Waals surface area contributed by atoms with Crippen molar-refractivity contribution in [2.24, 2.45) is 0 Å². The van der Waals surface area contributed by atoms with E-state index in [1.807, 2.05) is 31.2 Å². The summed E-state index contributed by atoms with van der Waals surface area (Å²) in [5.41, 5.74) is 1.11. The highest BCUT2D eigenvalue weighted by molar-refractivity contribution is 8.14. The number of quaternary nitrogens is 1. The normalized spacial score (nSPS) is 19.5. The minimum Gasteiger partial charge on any atom is -0.360 e. The summed E-state index contributed by atoms with van der Waals surface area (Å²) in [6, 6.07) is 7.64. The lowest BCUT2D eigenvalue weighted by Gasteiger charge is -2.36. The number of piperazine rings is 1. The molecular weight excluding hydrogens is 388 g/mol. The number of carbonyl (C=O) groups excluding carboxylic acids is 3. The maximum atomic E-state index is 12.4. The first-order chi connectivity index (χ1) is 13.0. The molecule has 2 saturated heterocycles. The Hall–Kier alpha value is -1.77. The molecule has 3 amide bonds. The van der Waals surface area contributed by atoms with Crippen molar-refractivity contribution in [3.05, 3.63) is 29.3 Å². The van der Waals surface area contributed by atoms with Crippen molar-refractivity contribution in [1.82, 2.24) is 10.2 Å². The lowest BCUT2D eigenvalue weighted by atomic mass is 10.2. The number of nitrogens with one attached hydrogen (secondary N) is 2. The number of rotatable bonds is 6. The van der Waals surface area contributed by atoms with Crippen LogP contribution in [0.2, 0.25) is 5.02 Å². The molecule has 1 atom stereocenters. The number of hydrogen-bond donors (Lipinski definition) is 2. The number of benzene rings is 1. The molecule has 9 heteroatoms. The van der Waals surface area contributed by atoms with E-state index in [2.05, 4.69) is 10.2 Å². The minimum absolute atomic E-state index is 0.0482. The van der Waals surface area contributed by atoms with Crippen LogP contribution in [0.4, 0.5) is 10.5 Å². The Balaban J connectivity index is 1.43. The summed E-state index contributed by atoms with van der Waals surface area (Å²) in [6.07, 6.45) is 0. The van der Waals surface area contributed by atoms with Gasteiger partial charge in [0.05, 0.1) is 31.9 Å². The third-order valence-electron chi connectivity index (χ3n) is 5.06. The van der Waals surface area contributed by atoms with Crippen LogP contribution >= 0.6 is 23.4 Å². The average molecular weight is 412 g/mol. The Labute approximate surface area is 168 Å². The third-order valence-corrected chi connectivity index (χ3v) is 6.15. The van der Waals surface area contributed by atoms with Crippen molar-refractivity contribution >= 4 is 46.1 Å². The van der Waals surface area contributed by atoms with Gasteiger partial charge in [-0.15, -0.1) is 0 Å². The minimum atomic E-state index is -0.231. The van der Waals surface area contributed by atoms with E-state index < -0.39 is 0 Å². The van der Waals surface area contributed by atoms with E-state index in [9.17, 15) is 14.4 Å². The molecule has 2 heterocycles. The summed E-state index contributed by atoms with van der Waals surface area (Å²) in [5.74, 6) is -0.0347. The predicted molar refractivity (Wildman–Crippen MR) is 106 cm³/mol. The van der Waals surface area contributed by atoms with Gasteiger partial charge in [-0.1, -0.05) is 29.4 Å². The highest BCUT2D eigenvalue weighted by Gasteiger charge is 2.31. The number of hydrogen-bond acceptors (Lipinski definition) is 5. The molecule has 3 rings (SSSR count). The van der Waals surface area contributed by atoms with Crippen LogP contribution in [-0.2, 0) is 9.59 Å². The van der Waals surface area contributed by atoms with Gasteiger partial charge in [0.2, 0.25) is 5.91 Å². The molecule has 0 saturated carbocycles. The van der Waals surface area contributed by atoms with Crippen molar-refractivity contribution in [3.8, 4) is 0 Å². The molecule has 2 aliphatic heterocycles. The second-order valence-electron chi connectivity index (χ2n) is 6.74. The number of nitrogens with zero attached hydrogens (tertiary/aromatic N) is 2. The zero-order chi connectivity index (χ0) is 19.4. The first-order valence-corrected chi connectivity index (χ1v) is 10.4. The summed E-state index contributed by atoms with van der Waals surface area (Å²) in [7, 11) is 0. The van der Waals surface area contributed by atoms with Crippen LogP contribution in [0.5, 0.6) is 0 Å². The second-order valence-corrected chi connectivity index (χ2v) is 8.10. The Kier molecular flexibility index (Phi) is 6.62. The third kappa shape index (κ3) is 4.94. The standard InChI is InChI=1S/C18H23ClN4O3S/c1-13(17(25)20-5-6-23-16(24)12-27-18(23)26)21-7-9-22(10-8-21)15-4-2-3-14(19)11-15/h2-4,11,13H,5-10,12H2,1H3,(H,20,25)/p+1/t13-/m0/s1. The summed E-state index contributed by atoms with van der Waals surface area (Å²) >= 11 is 7.07. The van der Waals surface area contributed by atoms with E-state index in [1.165, 1.54) is 9.80 Å². The largest absolute Gasteiger partial charge is 0.360 e. The van der Waals surface area contributed by atoms with Crippen LogP contribution < -0.4 is 15.1 Å². The van der Waals surface area contributed by atoms with Gasteiger partial charge in [0.1, 0.15) is 0 Å². The molecule has 2 fully saturated rings. The number of halogens is 1. The van der Waals surface area contributed by atoms with Gasteiger partial charge in [0.25, 0.3) is 11.1 Å².